The van der Waals surface area contributed by atoms with E-state index >= 15 is 0 Å². The van der Waals surface area contributed by atoms with Crippen molar-refractivity contribution < 1.29 is 9.59 Å². The first-order valence-electron chi connectivity index (χ1n) is 12.5. The average Bonchev–Trinajstić information content (AvgIpc) is 3.53. The zero-order valence-electron chi connectivity index (χ0n) is 20.3. The quantitative estimate of drug-likeness (QED) is 0.0960. The van der Waals surface area contributed by atoms with Crippen LogP contribution in [0.1, 0.15) is 25.2 Å². The number of ketones is 2. The zero-order valence-corrected chi connectivity index (χ0v) is 22.0. The molecule has 1 aliphatic rings. The normalized spacial score (nSPS) is 12.8. The first-order chi connectivity index (χ1) is 18.7. The van der Waals surface area contributed by atoms with Crippen LogP contribution in [-0.4, -0.2) is 26.1 Å². The summed E-state index contributed by atoms with van der Waals surface area (Å²) in [5.41, 5.74) is 3.48. The molecule has 0 radical (unpaired) electrons. The molecule has 0 bridgehead atoms. The molecule has 0 amide bonds. The number of Topliss-reactive ketones (excluding diaryl/α,β-unsaturated/α-hetero) is 2. The summed E-state index contributed by atoms with van der Waals surface area (Å²) in [5, 5.41) is 3.68. The molecular weight excluding hydrogens is 533 g/mol. The van der Waals surface area contributed by atoms with Gasteiger partial charge in [0.25, 0.3) is 0 Å². The van der Waals surface area contributed by atoms with Gasteiger partial charge in [-0.3, -0.25) is 0 Å². The van der Waals surface area contributed by atoms with E-state index in [0.717, 1.165) is 41.9 Å². The Hall–Kier alpha value is -4.50. The van der Waals surface area contributed by atoms with Crippen LogP contribution in [0.4, 0.5) is 15.9 Å². The number of benzene rings is 5. The third kappa shape index (κ3) is 3.58. The third-order valence-corrected chi connectivity index (χ3v) is 9.16. The van der Waals surface area contributed by atoms with Crippen molar-refractivity contribution in [1.29, 1.82) is 0 Å². The number of rotatable bonds is 4. The van der Waals surface area contributed by atoms with Gasteiger partial charge in [-0.25, -0.2) is 0 Å². The molecule has 1 aliphatic carbocycles. The molecule has 0 spiro atoms. The molecular formula is C34H21NO2Se. The number of carbonyl (C=O) groups excluding carboxylic acids is 2. The minimum absolute atomic E-state index is 0.0852. The predicted molar refractivity (Wildman–Crippen MR) is 156 cm³/mol. The topological polar surface area (TPSA) is 37.4 Å². The fourth-order valence-electron chi connectivity index (χ4n) is 5.36. The monoisotopic (exact) mass is 555 g/mol. The van der Waals surface area contributed by atoms with Crippen LogP contribution in [-0.2, 0) is 0 Å². The van der Waals surface area contributed by atoms with Crippen LogP contribution in [0.3, 0.4) is 0 Å². The SMILES string of the molecule is O=C1C(=Cc2ccc(N(c3ccccc3)c3ccccc3)[se]2)C(=O)c2c1c1ccccc1c1ccccc21. The number of fused-ring (bicyclic) bond motifs is 6. The Labute approximate surface area is 226 Å². The van der Waals surface area contributed by atoms with E-state index in [1.165, 1.54) is 0 Å². The summed E-state index contributed by atoms with van der Waals surface area (Å²) in [6, 6.07) is 40.4. The molecule has 5 aromatic carbocycles. The number of allylic oxidation sites excluding steroid dienone is 1. The molecule has 180 valence electrons. The van der Waals surface area contributed by atoms with E-state index in [1.807, 2.05) is 97.1 Å². The molecule has 3 nitrogen and oxygen atoms in total. The Bertz CT molecular complexity index is 1790. The fourth-order valence-corrected chi connectivity index (χ4v) is 7.44. The first-order valence-corrected chi connectivity index (χ1v) is 14.2. The molecule has 4 heteroatoms. The van der Waals surface area contributed by atoms with Crippen molar-refractivity contribution in [3.05, 3.63) is 142 Å². The third-order valence-electron chi connectivity index (χ3n) is 7.02. The van der Waals surface area contributed by atoms with Crippen molar-refractivity contribution in [3.8, 4) is 0 Å². The first kappa shape index (κ1) is 22.7. The van der Waals surface area contributed by atoms with Crippen molar-refractivity contribution in [2.75, 3.05) is 4.90 Å². The molecule has 6 aromatic rings. The minimum atomic E-state index is -0.180. The molecule has 0 atom stereocenters. The molecule has 0 aliphatic heterocycles. The van der Waals surface area contributed by atoms with Gasteiger partial charge in [-0.2, -0.15) is 0 Å². The molecule has 1 heterocycles. The van der Waals surface area contributed by atoms with Crippen LogP contribution in [0.15, 0.2) is 127 Å². The zero-order chi connectivity index (χ0) is 25.6. The molecule has 0 fully saturated rings. The number of carbonyl (C=O) groups is 2. The summed E-state index contributed by atoms with van der Waals surface area (Å²) in [7, 11) is 0. The van der Waals surface area contributed by atoms with Gasteiger partial charge in [-0.15, -0.1) is 0 Å². The summed E-state index contributed by atoms with van der Waals surface area (Å²) in [6.45, 7) is 0. The number of hydrogen-bond acceptors (Lipinski definition) is 3. The average molecular weight is 555 g/mol. The Balaban J connectivity index is 1.35. The van der Waals surface area contributed by atoms with Gasteiger partial charge in [0.05, 0.1) is 0 Å². The Morgan fingerprint density at radius 2 is 0.947 bits per heavy atom. The van der Waals surface area contributed by atoms with Gasteiger partial charge in [0.1, 0.15) is 0 Å². The maximum absolute atomic E-state index is 13.8. The second-order valence-corrected chi connectivity index (χ2v) is 11.5. The van der Waals surface area contributed by atoms with E-state index in [4.69, 9.17) is 0 Å². The molecule has 0 saturated heterocycles. The molecule has 0 saturated carbocycles. The van der Waals surface area contributed by atoms with Crippen LogP contribution in [0.2, 0.25) is 0 Å². The molecule has 0 N–H and O–H groups in total. The van der Waals surface area contributed by atoms with E-state index in [-0.39, 0.29) is 31.6 Å². The van der Waals surface area contributed by atoms with Crippen LogP contribution in [0.5, 0.6) is 0 Å². The van der Waals surface area contributed by atoms with Crippen molar-refractivity contribution in [3.63, 3.8) is 0 Å². The number of para-hydroxylation sites is 2. The number of anilines is 3. The van der Waals surface area contributed by atoms with Crippen LogP contribution in [0, 0.1) is 0 Å². The van der Waals surface area contributed by atoms with Gasteiger partial charge in [0.2, 0.25) is 0 Å². The van der Waals surface area contributed by atoms with E-state index in [1.54, 1.807) is 0 Å². The predicted octanol–water partition coefficient (Wildman–Crippen LogP) is 7.98. The van der Waals surface area contributed by atoms with Crippen molar-refractivity contribution in [2.45, 2.75) is 0 Å². The van der Waals surface area contributed by atoms with Gasteiger partial charge in [0.15, 0.2) is 0 Å². The van der Waals surface area contributed by atoms with Gasteiger partial charge in [-0.1, -0.05) is 0 Å². The number of nitrogens with zero attached hydrogens (tertiary/aromatic N) is 1. The second-order valence-electron chi connectivity index (χ2n) is 9.24. The van der Waals surface area contributed by atoms with Gasteiger partial charge < -0.3 is 0 Å². The van der Waals surface area contributed by atoms with E-state index < -0.39 is 0 Å². The summed E-state index contributed by atoms with van der Waals surface area (Å²) in [5.74, 6) is -0.361. The second kappa shape index (κ2) is 9.11. The summed E-state index contributed by atoms with van der Waals surface area (Å²) < 4.78 is 2.15. The molecule has 38 heavy (non-hydrogen) atoms. The van der Waals surface area contributed by atoms with Gasteiger partial charge in [0, 0.05) is 0 Å². The standard InChI is InChI=1S/C34H21NO2Se/c36-33-29(34(37)32-28-18-10-8-16-26(28)25-15-7-9-17-27(25)31(32)33)21-24-19-20-30(38-24)35(22-11-3-1-4-12-22)23-13-5-2-6-14-23/h1-21H. The maximum atomic E-state index is 13.8. The Morgan fingerprint density at radius 3 is 1.45 bits per heavy atom. The van der Waals surface area contributed by atoms with Gasteiger partial charge in [-0.05, 0) is 0 Å². The van der Waals surface area contributed by atoms with Crippen molar-refractivity contribution >= 4 is 69.6 Å². The van der Waals surface area contributed by atoms with Crippen molar-refractivity contribution in [2.24, 2.45) is 0 Å². The van der Waals surface area contributed by atoms with E-state index in [2.05, 4.69) is 35.2 Å². The number of hydrogen-bond donors (Lipinski definition) is 0. The summed E-state index contributed by atoms with van der Waals surface area (Å²) >= 11 is -0.0852. The molecule has 7 rings (SSSR count). The van der Waals surface area contributed by atoms with Crippen LogP contribution >= 0.6 is 0 Å². The summed E-state index contributed by atoms with van der Waals surface area (Å²) in [4.78, 5) is 29.8. The van der Waals surface area contributed by atoms with E-state index in [0.29, 0.717) is 11.1 Å². The molecule has 1 aromatic heterocycles. The Morgan fingerprint density at radius 1 is 0.500 bits per heavy atom. The van der Waals surface area contributed by atoms with E-state index in [9.17, 15) is 9.59 Å². The molecule has 0 unspecified atom stereocenters. The summed E-state index contributed by atoms with van der Waals surface area (Å²) in [6.07, 6.45) is 1.83. The van der Waals surface area contributed by atoms with Crippen LogP contribution in [0.25, 0.3) is 27.6 Å². The van der Waals surface area contributed by atoms with Crippen molar-refractivity contribution in [1.82, 2.24) is 0 Å². The fraction of sp³-hybridized carbons (Fsp3) is 0. The van der Waals surface area contributed by atoms with Crippen LogP contribution < -0.4 is 4.90 Å². The Kier molecular flexibility index (Phi) is 5.44. The van der Waals surface area contributed by atoms with Gasteiger partial charge >= 0.3 is 227 Å².